The smallest absolute Gasteiger partial charge is 0.161 e. The minimum Gasteiger partial charge on any atom is -0.493 e. The molecule has 0 aliphatic heterocycles. The number of Topliss-reactive ketones (excluding diaryl/α,β-unsaturated/α-hetero) is 1. The van der Waals surface area contributed by atoms with Gasteiger partial charge in [-0.25, -0.2) is 0 Å². The summed E-state index contributed by atoms with van der Waals surface area (Å²) in [7, 11) is 3.09. The summed E-state index contributed by atoms with van der Waals surface area (Å²) in [5.74, 6) is 0.915. The van der Waals surface area contributed by atoms with Crippen LogP contribution in [-0.2, 0) is 4.79 Å². The number of carbonyl (C=O) groups is 1. The zero-order valence-electron chi connectivity index (χ0n) is 11.2. The summed E-state index contributed by atoms with van der Waals surface area (Å²) in [6, 6.07) is 7.28. The molecule has 1 saturated carbocycles. The number of ether oxygens (including phenoxy) is 2. The Morgan fingerprint density at radius 3 is 2.58 bits per heavy atom. The normalized spacial score (nSPS) is 15.4. The number of carbonyl (C=O) groups excluding carboxylic acids is 1. The maximum Gasteiger partial charge on any atom is 0.161 e. The van der Waals surface area contributed by atoms with Gasteiger partial charge in [-0.1, -0.05) is 6.07 Å². The van der Waals surface area contributed by atoms with E-state index in [1.54, 1.807) is 25.3 Å². The van der Waals surface area contributed by atoms with Crippen LogP contribution in [0.15, 0.2) is 18.2 Å². The number of benzene rings is 1. The standard InChI is InChI=1S/C15H17NO3/c1-18-14-6-5-11(8-15(14)19-2)12(9-16)13(17)7-10-3-4-10/h5-6,8,10,12H,3-4,7H2,1-2H3. The first-order valence-electron chi connectivity index (χ1n) is 6.33. The Kier molecular flexibility index (Phi) is 4.06. The summed E-state index contributed by atoms with van der Waals surface area (Å²) in [4.78, 5) is 12.1. The molecule has 0 amide bonds. The zero-order valence-corrected chi connectivity index (χ0v) is 11.2. The fourth-order valence-corrected chi connectivity index (χ4v) is 2.09. The Bertz CT molecular complexity index is 515. The van der Waals surface area contributed by atoms with Gasteiger partial charge in [-0.3, -0.25) is 4.79 Å². The minimum atomic E-state index is -0.708. The van der Waals surface area contributed by atoms with Crippen molar-refractivity contribution in [3.8, 4) is 17.6 Å². The van der Waals surface area contributed by atoms with Crippen LogP contribution in [0, 0.1) is 17.2 Å². The molecule has 1 aromatic rings. The first-order chi connectivity index (χ1) is 9.19. The summed E-state index contributed by atoms with van der Waals surface area (Å²) >= 11 is 0. The van der Waals surface area contributed by atoms with E-state index in [1.807, 2.05) is 0 Å². The fourth-order valence-electron chi connectivity index (χ4n) is 2.09. The molecule has 0 bridgehead atoms. The molecule has 0 saturated heterocycles. The highest BCUT2D eigenvalue weighted by molar-refractivity contribution is 5.89. The Morgan fingerprint density at radius 1 is 1.37 bits per heavy atom. The largest absolute Gasteiger partial charge is 0.493 e. The van der Waals surface area contributed by atoms with Crippen molar-refractivity contribution >= 4 is 5.78 Å². The van der Waals surface area contributed by atoms with E-state index >= 15 is 0 Å². The molecule has 4 nitrogen and oxygen atoms in total. The van der Waals surface area contributed by atoms with Crippen LogP contribution in [0.5, 0.6) is 11.5 Å². The Labute approximate surface area is 112 Å². The summed E-state index contributed by atoms with van der Waals surface area (Å²) in [6.07, 6.45) is 2.72. The number of hydrogen-bond donors (Lipinski definition) is 0. The van der Waals surface area contributed by atoms with E-state index in [4.69, 9.17) is 9.47 Å². The lowest BCUT2D eigenvalue weighted by Gasteiger charge is -2.12. The van der Waals surface area contributed by atoms with Gasteiger partial charge in [-0.2, -0.15) is 5.26 Å². The first-order valence-corrected chi connectivity index (χ1v) is 6.33. The number of hydrogen-bond acceptors (Lipinski definition) is 4. The molecule has 1 unspecified atom stereocenters. The predicted octanol–water partition coefficient (Wildman–Crippen LogP) is 2.68. The van der Waals surface area contributed by atoms with Crippen LogP contribution in [0.25, 0.3) is 0 Å². The molecule has 0 aromatic heterocycles. The van der Waals surface area contributed by atoms with Crippen molar-refractivity contribution in [3.63, 3.8) is 0 Å². The summed E-state index contributed by atoms with van der Waals surface area (Å²) in [5.41, 5.74) is 0.672. The van der Waals surface area contributed by atoms with Crippen LogP contribution < -0.4 is 9.47 Å². The van der Waals surface area contributed by atoms with Crippen LogP contribution in [0.2, 0.25) is 0 Å². The van der Waals surface area contributed by atoms with Crippen molar-refractivity contribution in [2.45, 2.75) is 25.2 Å². The monoisotopic (exact) mass is 259 g/mol. The van der Waals surface area contributed by atoms with Gasteiger partial charge in [0, 0.05) is 6.42 Å². The van der Waals surface area contributed by atoms with Gasteiger partial charge >= 0.3 is 0 Å². The third-order valence-electron chi connectivity index (χ3n) is 3.38. The van der Waals surface area contributed by atoms with Crippen molar-refractivity contribution in [2.24, 2.45) is 5.92 Å². The third-order valence-corrected chi connectivity index (χ3v) is 3.38. The first kappa shape index (κ1) is 13.4. The maximum atomic E-state index is 12.1. The number of rotatable bonds is 6. The number of methoxy groups -OCH3 is 2. The average molecular weight is 259 g/mol. The number of nitriles is 1. The highest BCUT2D eigenvalue weighted by Crippen LogP contribution is 2.36. The van der Waals surface area contributed by atoms with Gasteiger partial charge in [-0.15, -0.1) is 0 Å². The van der Waals surface area contributed by atoms with E-state index in [0.717, 1.165) is 12.8 Å². The highest BCUT2D eigenvalue weighted by atomic mass is 16.5. The molecule has 0 N–H and O–H groups in total. The molecule has 1 fully saturated rings. The van der Waals surface area contributed by atoms with Crippen molar-refractivity contribution in [2.75, 3.05) is 14.2 Å². The zero-order chi connectivity index (χ0) is 13.8. The molecule has 1 aliphatic carbocycles. The summed E-state index contributed by atoms with van der Waals surface area (Å²) in [6.45, 7) is 0. The summed E-state index contributed by atoms with van der Waals surface area (Å²) < 4.78 is 10.3. The van der Waals surface area contributed by atoms with Crippen LogP contribution in [0.1, 0.15) is 30.7 Å². The molecule has 19 heavy (non-hydrogen) atoms. The molecule has 1 aliphatic rings. The van der Waals surface area contributed by atoms with E-state index in [1.165, 1.54) is 7.11 Å². The van der Waals surface area contributed by atoms with Crippen molar-refractivity contribution in [1.82, 2.24) is 0 Å². The van der Waals surface area contributed by atoms with Gasteiger partial charge in [0.2, 0.25) is 0 Å². The molecular weight excluding hydrogens is 242 g/mol. The number of ketones is 1. The second-order valence-electron chi connectivity index (χ2n) is 4.79. The van der Waals surface area contributed by atoms with E-state index in [9.17, 15) is 10.1 Å². The number of nitrogens with zero attached hydrogens (tertiary/aromatic N) is 1. The van der Waals surface area contributed by atoms with E-state index < -0.39 is 5.92 Å². The molecule has 2 rings (SSSR count). The maximum absolute atomic E-state index is 12.1. The second-order valence-corrected chi connectivity index (χ2v) is 4.79. The molecule has 0 radical (unpaired) electrons. The Hall–Kier alpha value is -2.02. The lowest BCUT2D eigenvalue weighted by molar-refractivity contribution is -0.119. The molecule has 100 valence electrons. The fraction of sp³-hybridized carbons (Fsp3) is 0.467. The van der Waals surface area contributed by atoms with Crippen molar-refractivity contribution < 1.29 is 14.3 Å². The van der Waals surface area contributed by atoms with Gasteiger partial charge in [0.05, 0.1) is 20.3 Å². The minimum absolute atomic E-state index is 0.00257. The lowest BCUT2D eigenvalue weighted by atomic mass is 9.93. The Morgan fingerprint density at radius 2 is 2.05 bits per heavy atom. The van der Waals surface area contributed by atoms with Crippen LogP contribution in [0.4, 0.5) is 0 Å². The molecule has 1 aromatic carbocycles. The predicted molar refractivity (Wildman–Crippen MR) is 70.2 cm³/mol. The van der Waals surface area contributed by atoms with Crippen molar-refractivity contribution in [3.05, 3.63) is 23.8 Å². The van der Waals surface area contributed by atoms with Gasteiger partial charge in [0.15, 0.2) is 17.3 Å². The molecule has 1 atom stereocenters. The Balaban J connectivity index is 2.22. The van der Waals surface area contributed by atoms with E-state index in [2.05, 4.69) is 6.07 Å². The highest BCUT2D eigenvalue weighted by Gasteiger charge is 2.29. The van der Waals surface area contributed by atoms with Crippen LogP contribution >= 0.6 is 0 Å². The van der Waals surface area contributed by atoms with E-state index in [-0.39, 0.29) is 5.78 Å². The topological polar surface area (TPSA) is 59.3 Å². The summed E-state index contributed by atoms with van der Waals surface area (Å²) in [5, 5.41) is 9.23. The molecular formula is C15H17NO3. The van der Waals surface area contributed by atoms with Gasteiger partial charge in [-0.05, 0) is 36.5 Å². The SMILES string of the molecule is COc1ccc(C(C#N)C(=O)CC2CC2)cc1OC. The van der Waals surface area contributed by atoms with Crippen LogP contribution in [-0.4, -0.2) is 20.0 Å². The third kappa shape index (κ3) is 3.05. The average Bonchev–Trinajstić information content (AvgIpc) is 3.23. The molecule has 0 spiro atoms. The van der Waals surface area contributed by atoms with Gasteiger partial charge < -0.3 is 9.47 Å². The van der Waals surface area contributed by atoms with Gasteiger partial charge in [0.1, 0.15) is 5.92 Å². The quantitative estimate of drug-likeness (QED) is 0.788. The molecule has 4 heteroatoms. The van der Waals surface area contributed by atoms with Gasteiger partial charge in [0.25, 0.3) is 0 Å². The van der Waals surface area contributed by atoms with Crippen LogP contribution in [0.3, 0.4) is 0 Å². The lowest BCUT2D eigenvalue weighted by Crippen LogP contribution is -2.11. The second kappa shape index (κ2) is 5.75. The molecule has 0 heterocycles. The van der Waals surface area contributed by atoms with E-state index in [0.29, 0.717) is 29.4 Å². The van der Waals surface area contributed by atoms with Crippen molar-refractivity contribution in [1.29, 1.82) is 5.26 Å².